The number of nitrogens with one attached hydrogen (secondary N) is 1. The third-order valence-corrected chi connectivity index (χ3v) is 5.48. The standard InChI is InChI=1S/C24H19ClN6O/c25-19-11-13-20(14-12-19)26-23(32)16-30-21(17-7-3-1-4-8-17)15-22(18-9-5-2-6-10-18)31-24(30)27-28-29-31/h1-15,22H,16H2,(H,26,32)/t22-/m0/s1. The normalized spacial score (nSPS) is 15.1. The molecule has 0 aliphatic carbocycles. The monoisotopic (exact) mass is 442 g/mol. The molecule has 3 aromatic carbocycles. The molecule has 1 atom stereocenters. The van der Waals surface area contributed by atoms with Crippen molar-refractivity contribution >= 4 is 34.8 Å². The molecular weight excluding hydrogens is 424 g/mol. The fourth-order valence-corrected chi connectivity index (χ4v) is 3.87. The summed E-state index contributed by atoms with van der Waals surface area (Å²) in [6.07, 6.45) is 2.09. The minimum Gasteiger partial charge on any atom is -0.325 e. The third-order valence-electron chi connectivity index (χ3n) is 5.23. The second kappa shape index (κ2) is 8.64. The number of hydrogen-bond acceptors (Lipinski definition) is 5. The molecule has 0 spiro atoms. The van der Waals surface area contributed by atoms with Crippen molar-refractivity contribution in [2.75, 3.05) is 16.8 Å². The van der Waals surface area contributed by atoms with Gasteiger partial charge in [0, 0.05) is 10.7 Å². The van der Waals surface area contributed by atoms with E-state index < -0.39 is 0 Å². The van der Waals surface area contributed by atoms with Gasteiger partial charge in [-0.1, -0.05) is 77.4 Å². The van der Waals surface area contributed by atoms with Crippen LogP contribution in [0.15, 0.2) is 91.0 Å². The fourth-order valence-electron chi connectivity index (χ4n) is 3.75. The van der Waals surface area contributed by atoms with Crippen molar-refractivity contribution in [3.8, 4) is 0 Å². The highest BCUT2D eigenvalue weighted by Gasteiger charge is 2.31. The largest absolute Gasteiger partial charge is 0.325 e. The van der Waals surface area contributed by atoms with Crippen LogP contribution >= 0.6 is 11.6 Å². The fraction of sp³-hybridized carbons (Fsp3) is 0.0833. The first-order chi connectivity index (χ1) is 15.7. The molecule has 0 bridgehead atoms. The first kappa shape index (κ1) is 20.0. The minimum absolute atomic E-state index is 0.0469. The van der Waals surface area contributed by atoms with Crippen LogP contribution in [0.3, 0.4) is 0 Å². The van der Waals surface area contributed by atoms with Crippen LogP contribution in [0.25, 0.3) is 5.70 Å². The number of halogens is 1. The van der Waals surface area contributed by atoms with Gasteiger partial charge in [-0.2, -0.15) is 4.68 Å². The van der Waals surface area contributed by atoms with E-state index in [4.69, 9.17) is 11.6 Å². The van der Waals surface area contributed by atoms with Crippen LogP contribution in [0.1, 0.15) is 17.2 Å². The van der Waals surface area contributed by atoms with Crippen molar-refractivity contribution in [3.63, 3.8) is 0 Å². The summed E-state index contributed by atoms with van der Waals surface area (Å²) < 4.78 is 1.73. The van der Waals surface area contributed by atoms with E-state index in [1.807, 2.05) is 65.6 Å². The average molecular weight is 443 g/mol. The number of allylic oxidation sites excluding steroid dienone is 1. The number of rotatable bonds is 5. The summed E-state index contributed by atoms with van der Waals surface area (Å²) >= 11 is 5.95. The van der Waals surface area contributed by atoms with Crippen molar-refractivity contribution in [2.45, 2.75) is 6.04 Å². The van der Waals surface area contributed by atoms with Crippen LogP contribution in [0, 0.1) is 0 Å². The molecule has 2 heterocycles. The lowest BCUT2D eigenvalue weighted by Crippen LogP contribution is -2.37. The van der Waals surface area contributed by atoms with Gasteiger partial charge >= 0.3 is 0 Å². The molecule has 0 saturated heterocycles. The second-order valence-electron chi connectivity index (χ2n) is 7.34. The first-order valence-corrected chi connectivity index (χ1v) is 10.5. The molecule has 1 N–H and O–H groups in total. The van der Waals surface area contributed by atoms with Crippen molar-refractivity contribution < 1.29 is 4.79 Å². The van der Waals surface area contributed by atoms with Crippen LogP contribution in [0.2, 0.25) is 5.02 Å². The lowest BCUT2D eigenvalue weighted by atomic mass is 10.0. The van der Waals surface area contributed by atoms with E-state index in [1.165, 1.54) is 0 Å². The van der Waals surface area contributed by atoms with Crippen molar-refractivity contribution in [3.05, 3.63) is 107 Å². The molecule has 7 nitrogen and oxygen atoms in total. The highest BCUT2D eigenvalue weighted by Crippen LogP contribution is 2.36. The number of aromatic nitrogens is 4. The summed E-state index contributed by atoms with van der Waals surface area (Å²) in [5, 5.41) is 15.9. The number of nitrogens with zero attached hydrogens (tertiary/aromatic N) is 5. The molecular formula is C24H19ClN6O. The summed E-state index contributed by atoms with van der Waals surface area (Å²) in [5.74, 6) is 0.313. The molecule has 0 unspecified atom stereocenters. The van der Waals surface area contributed by atoms with Gasteiger partial charge in [-0.3, -0.25) is 9.69 Å². The van der Waals surface area contributed by atoms with Gasteiger partial charge in [0.05, 0.1) is 5.70 Å². The molecule has 158 valence electrons. The van der Waals surface area contributed by atoms with Crippen molar-refractivity contribution in [1.82, 2.24) is 20.2 Å². The number of tetrazole rings is 1. The number of carbonyl (C=O) groups excluding carboxylic acids is 1. The Morgan fingerprint density at radius 1 is 0.938 bits per heavy atom. The lowest BCUT2D eigenvalue weighted by molar-refractivity contribution is -0.114. The first-order valence-electron chi connectivity index (χ1n) is 10.1. The maximum absolute atomic E-state index is 12.9. The van der Waals surface area contributed by atoms with Gasteiger partial charge in [-0.25, -0.2) is 0 Å². The molecule has 4 aromatic rings. The molecule has 8 heteroatoms. The topological polar surface area (TPSA) is 75.9 Å². The van der Waals surface area contributed by atoms with Gasteiger partial charge in [0.25, 0.3) is 5.95 Å². The van der Waals surface area contributed by atoms with Gasteiger partial charge < -0.3 is 5.32 Å². The number of benzene rings is 3. The maximum atomic E-state index is 12.9. The zero-order valence-electron chi connectivity index (χ0n) is 17.0. The van der Waals surface area contributed by atoms with Crippen LogP contribution in [-0.2, 0) is 4.79 Å². The summed E-state index contributed by atoms with van der Waals surface area (Å²) in [7, 11) is 0. The number of hydrogen-bond donors (Lipinski definition) is 1. The maximum Gasteiger partial charge on any atom is 0.251 e. The Kier molecular flexibility index (Phi) is 5.39. The van der Waals surface area contributed by atoms with Crippen LogP contribution < -0.4 is 10.2 Å². The van der Waals surface area contributed by atoms with Crippen molar-refractivity contribution in [2.24, 2.45) is 0 Å². The molecule has 1 aromatic heterocycles. The molecule has 0 radical (unpaired) electrons. The minimum atomic E-state index is -0.193. The van der Waals surface area contributed by atoms with E-state index in [2.05, 4.69) is 26.9 Å². The highest BCUT2D eigenvalue weighted by atomic mass is 35.5. The molecule has 0 saturated carbocycles. The summed E-state index contributed by atoms with van der Waals surface area (Å²) in [6.45, 7) is 0.0469. The highest BCUT2D eigenvalue weighted by molar-refractivity contribution is 6.30. The zero-order valence-corrected chi connectivity index (χ0v) is 17.7. The molecule has 32 heavy (non-hydrogen) atoms. The SMILES string of the molecule is O=C(CN1C(c2ccccc2)=C[C@@H](c2ccccc2)n2nnnc21)Nc1ccc(Cl)cc1. The van der Waals surface area contributed by atoms with E-state index in [1.54, 1.807) is 28.9 Å². The van der Waals surface area contributed by atoms with Gasteiger partial charge in [0.1, 0.15) is 12.6 Å². The number of anilines is 2. The Bertz CT molecular complexity index is 1250. The summed E-state index contributed by atoms with van der Waals surface area (Å²) in [6, 6.07) is 26.8. The zero-order chi connectivity index (χ0) is 21.9. The predicted octanol–water partition coefficient (Wildman–Crippen LogP) is 4.42. The number of carbonyl (C=O) groups is 1. The van der Waals surface area contributed by atoms with E-state index in [0.29, 0.717) is 16.7 Å². The van der Waals surface area contributed by atoms with Crippen LogP contribution in [0.4, 0.5) is 11.6 Å². The molecule has 5 rings (SSSR count). The Morgan fingerprint density at radius 2 is 1.62 bits per heavy atom. The van der Waals surface area contributed by atoms with Gasteiger partial charge in [0.2, 0.25) is 5.91 Å². The van der Waals surface area contributed by atoms with E-state index in [0.717, 1.165) is 16.8 Å². The molecule has 1 aliphatic heterocycles. The Morgan fingerprint density at radius 3 is 2.34 bits per heavy atom. The average Bonchev–Trinajstić information content (AvgIpc) is 3.32. The van der Waals surface area contributed by atoms with Crippen LogP contribution in [-0.4, -0.2) is 32.7 Å². The number of fused-ring (bicyclic) bond motifs is 1. The van der Waals surface area contributed by atoms with E-state index in [-0.39, 0.29) is 18.5 Å². The Hall–Kier alpha value is -3.97. The van der Waals surface area contributed by atoms with Gasteiger partial charge in [0.15, 0.2) is 0 Å². The lowest BCUT2D eigenvalue weighted by Gasteiger charge is -2.32. The van der Waals surface area contributed by atoms with Gasteiger partial charge in [-0.15, -0.1) is 0 Å². The predicted molar refractivity (Wildman–Crippen MR) is 124 cm³/mol. The Balaban J connectivity index is 1.52. The van der Waals surface area contributed by atoms with Crippen LogP contribution in [0.5, 0.6) is 0 Å². The quantitative estimate of drug-likeness (QED) is 0.495. The molecule has 1 amide bonds. The Labute approximate surface area is 189 Å². The van der Waals surface area contributed by atoms with E-state index in [9.17, 15) is 4.79 Å². The van der Waals surface area contributed by atoms with Crippen molar-refractivity contribution in [1.29, 1.82) is 0 Å². The smallest absolute Gasteiger partial charge is 0.251 e. The second-order valence-corrected chi connectivity index (χ2v) is 7.77. The molecule has 0 fully saturated rings. The number of amides is 1. The summed E-state index contributed by atoms with van der Waals surface area (Å²) in [5.41, 5.74) is 3.57. The summed E-state index contributed by atoms with van der Waals surface area (Å²) in [4.78, 5) is 14.8. The molecule has 1 aliphatic rings. The third kappa shape index (κ3) is 3.98. The van der Waals surface area contributed by atoms with E-state index >= 15 is 0 Å². The van der Waals surface area contributed by atoms with Gasteiger partial charge in [-0.05, 0) is 51.9 Å².